The molecule has 1 aliphatic heterocycles. The molecule has 0 bridgehead atoms. The third kappa shape index (κ3) is 2.83. The first-order chi connectivity index (χ1) is 8.52. The van der Waals surface area contributed by atoms with Crippen LogP contribution in [0, 0.1) is 0 Å². The summed E-state index contributed by atoms with van der Waals surface area (Å²) in [6.07, 6.45) is 0. The second-order valence-electron chi connectivity index (χ2n) is 4.17. The zero-order chi connectivity index (χ0) is 13.2. The van der Waals surface area contributed by atoms with Crippen molar-refractivity contribution in [1.82, 2.24) is 5.32 Å². The Bertz CT molecular complexity index is 463. The van der Waals surface area contributed by atoms with Crippen molar-refractivity contribution in [2.45, 2.75) is 19.1 Å². The molecule has 0 saturated carbocycles. The number of carbonyl (C=O) groups excluding carboxylic acids is 1. The van der Waals surface area contributed by atoms with Crippen LogP contribution >= 0.6 is 0 Å². The van der Waals surface area contributed by atoms with E-state index in [-0.39, 0.29) is 0 Å². The maximum absolute atomic E-state index is 12.8. The summed E-state index contributed by atoms with van der Waals surface area (Å²) in [4.78, 5) is 11.6. The van der Waals surface area contributed by atoms with Gasteiger partial charge in [-0.15, -0.1) is 0 Å². The van der Waals surface area contributed by atoms with Crippen LogP contribution in [0.25, 0.3) is 0 Å². The monoisotopic (exact) mass is 257 g/mol. The van der Waals surface area contributed by atoms with Crippen LogP contribution in [0.3, 0.4) is 0 Å². The van der Waals surface area contributed by atoms with Crippen molar-refractivity contribution in [3.63, 3.8) is 0 Å². The minimum atomic E-state index is -3.30. The SMILES string of the molecule is O=C(NCC(F)(F)CO)c1ccc2c(c1)COC2. The highest BCUT2D eigenvalue weighted by atomic mass is 19.3. The topological polar surface area (TPSA) is 58.6 Å². The van der Waals surface area contributed by atoms with E-state index in [2.05, 4.69) is 5.32 Å². The smallest absolute Gasteiger partial charge is 0.287 e. The van der Waals surface area contributed by atoms with Crippen LogP contribution in [-0.4, -0.2) is 30.1 Å². The number of amides is 1. The van der Waals surface area contributed by atoms with Crippen LogP contribution in [0.2, 0.25) is 0 Å². The van der Waals surface area contributed by atoms with Gasteiger partial charge in [-0.2, -0.15) is 0 Å². The van der Waals surface area contributed by atoms with E-state index in [0.717, 1.165) is 11.1 Å². The van der Waals surface area contributed by atoms with Gasteiger partial charge in [0.2, 0.25) is 0 Å². The van der Waals surface area contributed by atoms with Crippen molar-refractivity contribution in [2.75, 3.05) is 13.2 Å². The summed E-state index contributed by atoms with van der Waals surface area (Å²) < 4.78 is 30.7. The van der Waals surface area contributed by atoms with Crippen molar-refractivity contribution in [3.8, 4) is 0 Å². The number of rotatable bonds is 4. The average Bonchev–Trinajstić information content (AvgIpc) is 2.83. The Hall–Kier alpha value is -1.53. The molecule has 0 saturated heterocycles. The van der Waals surface area contributed by atoms with Crippen molar-refractivity contribution in [2.24, 2.45) is 0 Å². The molecule has 1 aromatic carbocycles. The van der Waals surface area contributed by atoms with Crippen molar-refractivity contribution < 1.29 is 23.4 Å². The number of alkyl halides is 2. The van der Waals surface area contributed by atoms with Crippen LogP contribution in [0.15, 0.2) is 18.2 Å². The van der Waals surface area contributed by atoms with Crippen molar-refractivity contribution in [1.29, 1.82) is 0 Å². The van der Waals surface area contributed by atoms with Crippen LogP contribution < -0.4 is 5.32 Å². The molecule has 2 N–H and O–H groups in total. The Kier molecular flexibility index (Phi) is 3.58. The second-order valence-corrected chi connectivity index (χ2v) is 4.17. The summed E-state index contributed by atoms with van der Waals surface area (Å²) in [5.74, 6) is -3.88. The average molecular weight is 257 g/mol. The summed E-state index contributed by atoms with van der Waals surface area (Å²) in [6.45, 7) is -1.22. The number of fused-ring (bicyclic) bond motifs is 1. The van der Waals surface area contributed by atoms with Gasteiger partial charge in [0, 0.05) is 5.56 Å². The Morgan fingerprint density at radius 1 is 1.39 bits per heavy atom. The maximum Gasteiger partial charge on any atom is 0.287 e. The highest BCUT2D eigenvalue weighted by Gasteiger charge is 2.28. The van der Waals surface area contributed by atoms with Crippen molar-refractivity contribution >= 4 is 5.91 Å². The number of halogens is 2. The molecule has 0 fully saturated rings. The van der Waals surface area contributed by atoms with Crippen LogP contribution in [0.5, 0.6) is 0 Å². The minimum absolute atomic E-state index is 0.313. The molecule has 2 rings (SSSR count). The molecular weight excluding hydrogens is 244 g/mol. The highest BCUT2D eigenvalue weighted by Crippen LogP contribution is 2.21. The summed E-state index contributed by atoms with van der Waals surface area (Å²) in [6, 6.07) is 4.95. The molecule has 1 aromatic rings. The van der Waals surface area contributed by atoms with Gasteiger partial charge in [0.15, 0.2) is 0 Å². The first-order valence-electron chi connectivity index (χ1n) is 5.48. The van der Waals surface area contributed by atoms with E-state index in [1.54, 1.807) is 18.2 Å². The molecule has 0 radical (unpaired) electrons. The lowest BCUT2D eigenvalue weighted by Crippen LogP contribution is -2.39. The molecule has 0 unspecified atom stereocenters. The number of nitrogens with one attached hydrogen (secondary N) is 1. The first-order valence-corrected chi connectivity index (χ1v) is 5.48. The minimum Gasteiger partial charge on any atom is -0.390 e. The number of hydrogen-bond donors (Lipinski definition) is 2. The molecule has 1 heterocycles. The lowest BCUT2D eigenvalue weighted by Gasteiger charge is -2.14. The third-order valence-corrected chi connectivity index (χ3v) is 2.72. The Morgan fingerprint density at radius 3 is 2.83 bits per heavy atom. The number of carbonyl (C=O) groups is 1. The number of ether oxygens (including phenoxy) is 1. The Morgan fingerprint density at radius 2 is 2.11 bits per heavy atom. The number of benzene rings is 1. The lowest BCUT2D eigenvalue weighted by atomic mass is 10.1. The normalized spacial score (nSPS) is 14.4. The molecule has 0 atom stereocenters. The molecule has 6 heteroatoms. The fourth-order valence-corrected chi connectivity index (χ4v) is 1.68. The zero-order valence-corrected chi connectivity index (χ0v) is 9.58. The van der Waals surface area contributed by atoms with E-state index >= 15 is 0 Å². The summed E-state index contributed by atoms with van der Waals surface area (Å²) >= 11 is 0. The number of aliphatic hydroxyl groups is 1. The quantitative estimate of drug-likeness (QED) is 0.848. The molecule has 1 aliphatic rings. The van der Waals surface area contributed by atoms with E-state index < -0.39 is 25.0 Å². The summed E-state index contributed by atoms with van der Waals surface area (Å²) in [5, 5.41) is 10.5. The van der Waals surface area contributed by atoms with Crippen LogP contribution in [0.1, 0.15) is 21.5 Å². The van der Waals surface area contributed by atoms with Crippen LogP contribution in [0.4, 0.5) is 8.78 Å². The maximum atomic E-state index is 12.8. The van der Waals surface area contributed by atoms with Gasteiger partial charge in [-0.3, -0.25) is 4.79 Å². The van der Waals surface area contributed by atoms with Gasteiger partial charge in [-0.1, -0.05) is 6.07 Å². The molecule has 0 aromatic heterocycles. The molecule has 4 nitrogen and oxygen atoms in total. The molecular formula is C12H13F2NO3. The van der Waals surface area contributed by atoms with Gasteiger partial charge >= 0.3 is 0 Å². The van der Waals surface area contributed by atoms with E-state index in [4.69, 9.17) is 9.84 Å². The van der Waals surface area contributed by atoms with Gasteiger partial charge in [0.05, 0.1) is 19.8 Å². The molecule has 0 aliphatic carbocycles. The van der Waals surface area contributed by atoms with E-state index in [0.29, 0.717) is 18.8 Å². The molecule has 18 heavy (non-hydrogen) atoms. The summed E-state index contributed by atoms with van der Waals surface area (Å²) in [5.41, 5.74) is 2.22. The van der Waals surface area contributed by atoms with Gasteiger partial charge in [-0.25, -0.2) is 8.78 Å². The molecule has 1 amide bonds. The van der Waals surface area contributed by atoms with Gasteiger partial charge in [-0.05, 0) is 23.3 Å². The fraction of sp³-hybridized carbons (Fsp3) is 0.417. The van der Waals surface area contributed by atoms with E-state index in [9.17, 15) is 13.6 Å². The highest BCUT2D eigenvalue weighted by molar-refractivity contribution is 5.94. The Labute approximate surface area is 103 Å². The number of hydrogen-bond acceptors (Lipinski definition) is 3. The summed E-state index contributed by atoms with van der Waals surface area (Å²) in [7, 11) is 0. The lowest BCUT2D eigenvalue weighted by molar-refractivity contribution is -0.0462. The van der Waals surface area contributed by atoms with E-state index in [1.165, 1.54) is 0 Å². The second kappa shape index (κ2) is 4.99. The van der Waals surface area contributed by atoms with E-state index in [1.807, 2.05) is 0 Å². The zero-order valence-electron chi connectivity index (χ0n) is 9.58. The fourth-order valence-electron chi connectivity index (χ4n) is 1.68. The molecule has 98 valence electrons. The molecule has 0 spiro atoms. The predicted octanol–water partition coefficient (Wildman–Crippen LogP) is 1.07. The van der Waals surface area contributed by atoms with Crippen molar-refractivity contribution in [3.05, 3.63) is 34.9 Å². The third-order valence-electron chi connectivity index (χ3n) is 2.72. The van der Waals surface area contributed by atoms with Gasteiger partial charge < -0.3 is 15.2 Å². The van der Waals surface area contributed by atoms with Crippen LogP contribution in [-0.2, 0) is 18.0 Å². The largest absolute Gasteiger partial charge is 0.390 e. The predicted molar refractivity (Wildman–Crippen MR) is 59.3 cm³/mol. The van der Waals surface area contributed by atoms with Gasteiger partial charge in [0.25, 0.3) is 11.8 Å². The van der Waals surface area contributed by atoms with Gasteiger partial charge in [0.1, 0.15) is 6.61 Å². The number of aliphatic hydroxyl groups excluding tert-OH is 1. The Balaban J connectivity index is 2.01. The first kappa shape index (κ1) is 12.9. The standard InChI is InChI=1S/C12H13F2NO3/c13-12(14,7-16)6-15-11(17)8-1-2-9-4-18-5-10(9)3-8/h1-3,16H,4-7H2,(H,15,17).